The summed E-state index contributed by atoms with van der Waals surface area (Å²) in [5.74, 6) is -0.374. The minimum atomic E-state index is -4.72. The number of carbonyl (C=O) groups is 1. The predicted molar refractivity (Wildman–Crippen MR) is 118 cm³/mol. The first-order valence-electron chi connectivity index (χ1n) is 12.9. The van der Waals surface area contributed by atoms with E-state index in [0.29, 0.717) is 22.7 Å². The molecule has 5 aliphatic carbocycles. The molecule has 5 fully saturated rings. The monoisotopic (exact) mass is 454 g/mol. The van der Waals surface area contributed by atoms with Crippen molar-refractivity contribution in [1.82, 2.24) is 0 Å². The van der Waals surface area contributed by atoms with E-state index in [1.807, 2.05) is 6.92 Å². The Balaban J connectivity index is 1.42. The van der Waals surface area contributed by atoms with Crippen LogP contribution in [0, 0.1) is 50.7 Å². The molecule has 2 nitrogen and oxygen atoms in total. The Morgan fingerprint density at radius 3 is 2.19 bits per heavy atom. The van der Waals surface area contributed by atoms with Gasteiger partial charge in [-0.2, -0.15) is 13.2 Å². The van der Waals surface area contributed by atoms with Crippen LogP contribution in [0.5, 0.6) is 0 Å². The van der Waals surface area contributed by atoms with E-state index in [1.165, 1.54) is 25.7 Å². The molecule has 0 amide bonds. The fourth-order valence-electron chi connectivity index (χ4n) is 10.9. The van der Waals surface area contributed by atoms with Gasteiger partial charge in [0.1, 0.15) is 0 Å². The molecule has 0 bridgehead atoms. The third-order valence-corrected chi connectivity index (χ3v) is 12.7. The van der Waals surface area contributed by atoms with Gasteiger partial charge in [-0.25, -0.2) is 0 Å². The van der Waals surface area contributed by atoms with Crippen LogP contribution in [0.25, 0.3) is 0 Å². The maximum atomic E-state index is 13.0. The van der Waals surface area contributed by atoms with Gasteiger partial charge in [0.2, 0.25) is 5.78 Å². The SMILES string of the molecule is C[C@H](CC(=O)C(F)(F)F)[C@H]1CC[C@@]2(C)C3CCC4C(C)(C)[C@@H](O)CC[C@@]45C[C@@]35CC[C@]12C. The molecule has 0 radical (unpaired) electrons. The number of carbonyl (C=O) groups excluding carboxylic acids is 1. The van der Waals surface area contributed by atoms with E-state index >= 15 is 0 Å². The lowest BCUT2D eigenvalue weighted by Crippen LogP contribution is -2.57. The lowest BCUT2D eigenvalue weighted by Gasteiger charge is -2.63. The number of hydrogen-bond donors (Lipinski definition) is 1. The van der Waals surface area contributed by atoms with Crippen LogP contribution in [-0.4, -0.2) is 23.2 Å². The lowest BCUT2D eigenvalue weighted by molar-refractivity contribution is -0.174. The van der Waals surface area contributed by atoms with E-state index in [-0.39, 0.29) is 40.6 Å². The summed E-state index contributed by atoms with van der Waals surface area (Å²) in [6.07, 6.45) is 4.71. The molecule has 9 atom stereocenters. The summed E-state index contributed by atoms with van der Waals surface area (Å²) in [6, 6.07) is 0. The Morgan fingerprint density at radius 1 is 0.906 bits per heavy atom. The molecular formula is C27H41F3O2. The number of rotatable bonds is 3. The minimum absolute atomic E-state index is 0.00846. The predicted octanol–water partition coefficient (Wildman–Crippen LogP) is 6.94. The van der Waals surface area contributed by atoms with Crippen molar-refractivity contribution in [3.63, 3.8) is 0 Å². The summed E-state index contributed by atoms with van der Waals surface area (Å²) >= 11 is 0. The Bertz CT molecular complexity index is 820. The van der Waals surface area contributed by atoms with Crippen molar-refractivity contribution in [2.45, 2.75) is 111 Å². The zero-order chi connectivity index (χ0) is 23.5. The highest BCUT2D eigenvalue weighted by atomic mass is 19.4. The second-order valence-electron chi connectivity index (χ2n) is 13.6. The average Bonchev–Trinajstić information content (AvgIpc) is 3.27. The molecule has 1 N–H and O–H groups in total. The van der Waals surface area contributed by atoms with Gasteiger partial charge in [-0.15, -0.1) is 0 Å². The van der Waals surface area contributed by atoms with Gasteiger partial charge in [-0.05, 0) is 109 Å². The molecule has 5 aliphatic rings. The van der Waals surface area contributed by atoms with E-state index in [1.54, 1.807) is 0 Å². The first kappa shape index (κ1) is 23.2. The van der Waals surface area contributed by atoms with E-state index in [4.69, 9.17) is 0 Å². The molecule has 0 saturated heterocycles. The zero-order valence-corrected chi connectivity index (χ0v) is 20.4. The van der Waals surface area contributed by atoms with Gasteiger partial charge in [0, 0.05) is 6.42 Å². The molecule has 0 heterocycles. The summed E-state index contributed by atoms with van der Waals surface area (Å²) < 4.78 is 38.9. The number of Topliss-reactive ketones (excluding diaryl/α,β-unsaturated/α-hetero) is 1. The number of halogens is 3. The number of hydrogen-bond acceptors (Lipinski definition) is 2. The summed E-state index contributed by atoms with van der Waals surface area (Å²) in [5, 5.41) is 10.8. The highest BCUT2D eigenvalue weighted by Gasteiger charge is 2.82. The number of aliphatic hydroxyl groups is 1. The van der Waals surface area contributed by atoms with Gasteiger partial charge in [0.05, 0.1) is 6.10 Å². The fourth-order valence-corrected chi connectivity index (χ4v) is 10.9. The smallest absolute Gasteiger partial charge is 0.393 e. The number of aliphatic hydroxyl groups excluding tert-OH is 1. The van der Waals surface area contributed by atoms with Crippen LogP contribution in [0.15, 0.2) is 0 Å². The van der Waals surface area contributed by atoms with Crippen molar-refractivity contribution in [3.05, 3.63) is 0 Å². The van der Waals surface area contributed by atoms with Gasteiger partial charge >= 0.3 is 6.18 Å². The molecular weight excluding hydrogens is 413 g/mol. The van der Waals surface area contributed by atoms with Crippen LogP contribution in [0.1, 0.15) is 98.8 Å². The van der Waals surface area contributed by atoms with Crippen molar-refractivity contribution in [2.75, 3.05) is 0 Å². The van der Waals surface area contributed by atoms with E-state index in [2.05, 4.69) is 27.7 Å². The molecule has 0 aromatic carbocycles. The van der Waals surface area contributed by atoms with Crippen molar-refractivity contribution >= 4 is 5.78 Å². The molecule has 0 aromatic rings. The van der Waals surface area contributed by atoms with Gasteiger partial charge in [0.15, 0.2) is 0 Å². The quantitative estimate of drug-likeness (QED) is 0.501. The molecule has 2 unspecified atom stereocenters. The van der Waals surface area contributed by atoms with Gasteiger partial charge in [0.25, 0.3) is 0 Å². The third kappa shape index (κ3) is 2.61. The maximum absolute atomic E-state index is 13.0. The molecule has 0 aliphatic heterocycles. The average molecular weight is 455 g/mol. The molecule has 32 heavy (non-hydrogen) atoms. The summed E-state index contributed by atoms with van der Waals surface area (Å²) in [4.78, 5) is 11.8. The second-order valence-corrected chi connectivity index (χ2v) is 13.6. The largest absolute Gasteiger partial charge is 0.449 e. The second kappa shape index (κ2) is 6.55. The number of alkyl halides is 3. The molecule has 182 valence electrons. The summed E-state index contributed by atoms with van der Waals surface area (Å²) in [6.45, 7) is 11.2. The molecule has 2 spiro atoms. The topological polar surface area (TPSA) is 37.3 Å². The molecule has 5 rings (SSSR count). The van der Waals surface area contributed by atoms with Crippen LogP contribution in [-0.2, 0) is 4.79 Å². The summed E-state index contributed by atoms with van der Waals surface area (Å²) in [7, 11) is 0. The molecule has 5 saturated carbocycles. The zero-order valence-electron chi connectivity index (χ0n) is 20.4. The molecule has 0 aromatic heterocycles. The van der Waals surface area contributed by atoms with Crippen LogP contribution in [0.2, 0.25) is 0 Å². The number of fused-ring (bicyclic) bond motifs is 2. The Morgan fingerprint density at radius 2 is 1.53 bits per heavy atom. The molecule has 5 heteroatoms. The first-order chi connectivity index (χ1) is 14.7. The standard InChI is InChI=1S/C27H41F3O2/c1-16(14-21(32)27(28,29)30)17-8-10-24(5)19-7-6-18-22(2,3)20(31)9-11-25(18)15-26(19,25)13-12-23(17,24)4/h16-20,31H,6-15H2,1-5H3/t16-,17-,18?,19?,20+,23-,24+,25-,26+/m1/s1. The van der Waals surface area contributed by atoms with Crippen LogP contribution in [0.3, 0.4) is 0 Å². The van der Waals surface area contributed by atoms with E-state index in [0.717, 1.165) is 32.1 Å². The highest BCUT2D eigenvalue weighted by molar-refractivity contribution is 5.84. The van der Waals surface area contributed by atoms with E-state index < -0.39 is 12.0 Å². The highest BCUT2D eigenvalue weighted by Crippen LogP contribution is 2.89. The van der Waals surface area contributed by atoms with Crippen LogP contribution in [0.4, 0.5) is 13.2 Å². The van der Waals surface area contributed by atoms with Crippen molar-refractivity contribution < 1.29 is 23.1 Å². The van der Waals surface area contributed by atoms with Crippen LogP contribution >= 0.6 is 0 Å². The number of ketones is 1. The van der Waals surface area contributed by atoms with Crippen LogP contribution < -0.4 is 0 Å². The summed E-state index contributed by atoms with van der Waals surface area (Å²) in [5.41, 5.74) is 0.869. The van der Waals surface area contributed by atoms with Crippen molar-refractivity contribution in [1.29, 1.82) is 0 Å². The van der Waals surface area contributed by atoms with E-state index in [9.17, 15) is 23.1 Å². The normalized spacial score (nSPS) is 52.3. The van der Waals surface area contributed by atoms with Gasteiger partial charge < -0.3 is 5.11 Å². The fraction of sp³-hybridized carbons (Fsp3) is 0.963. The van der Waals surface area contributed by atoms with Gasteiger partial charge in [-0.1, -0.05) is 34.6 Å². The third-order valence-electron chi connectivity index (χ3n) is 12.7. The van der Waals surface area contributed by atoms with Crippen molar-refractivity contribution in [2.24, 2.45) is 50.7 Å². The van der Waals surface area contributed by atoms with Gasteiger partial charge in [-0.3, -0.25) is 4.79 Å². The minimum Gasteiger partial charge on any atom is -0.393 e. The lowest BCUT2D eigenvalue weighted by atomic mass is 9.41. The first-order valence-corrected chi connectivity index (χ1v) is 12.9. The van der Waals surface area contributed by atoms with Crippen molar-refractivity contribution in [3.8, 4) is 0 Å². The Kier molecular flexibility index (Phi) is 4.74. The maximum Gasteiger partial charge on any atom is 0.449 e. The Hall–Kier alpha value is -0.580. The Labute approximate surface area is 191 Å².